The van der Waals surface area contributed by atoms with Gasteiger partial charge in [0.1, 0.15) is 5.82 Å². The van der Waals surface area contributed by atoms with E-state index in [0.717, 1.165) is 5.39 Å². The molecule has 0 aliphatic rings. The summed E-state index contributed by atoms with van der Waals surface area (Å²) in [5.74, 6) is -0.882. The molecule has 0 aliphatic heterocycles. The summed E-state index contributed by atoms with van der Waals surface area (Å²) >= 11 is 0. The maximum Gasteiger partial charge on any atom is 0.337 e. The SMILES string of the molecule is [C-]#[N+]c1ccc2ccc(C(=O)OC)cc2c1-c1ccccc1F. The lowest BCUT2D eigenvalue weighted by Crippen LogP contribution is -2.00. The van der Waals surface area contributed by atoms with E-state index in [1.807, 2.05) is 0 Å². The second-order valence-electron chi connectivity index (χ2n) is 4.98. The highest BCUT2D eigenvalue weighted by atomic mass is 19.1. The standard InChI is InChI=1S/C19H12FNO2/c1-21-17-10-9-12-7-8-13(19(22)23-2)11-15(12)18(17)14-5-3-4-6-16(14)20/h3-11H,2H3. The molecule has 112 valence electrons. The number of carbonyl (C=O) groups is 1. The molecule has 0 bridgehead atoms. The summed E-state index contributed by atoms with van der Waals surface area (Å²) in [7, 11) is 1.31. The minimum absolute atomic E-state index is 0.338. The van der Waals surface area contributed by atoms with Crippen LogP contribution in [0.3, 0.4) is 0 Å². The van der Waals surface area contributed by atoms with Crippen molar-refractivity contribution >= 4 is 22.4 Å². The largest absolute Gasteiger partial charge is 0.465 e. The average Bonchev–Trinajstić information content (AvgIpc) is 2.60. The molecular formula is C19H12FNO2. The lowest BCUT2D eigenvalue weighted by molar-refractivity contribution is 0.0601. The minimum Gasteiger partial charge on any atom is -0.465 e. The van der Waals surface area contributed by atoms with Crippen molar-refractivity contribution in [2.75, 3.05) is 7.11 Å². The van der Waals surface area contributed by atoms with Gasteiger partial charge in [0, 0.05) is 5.56 Å². The zero-order valence-electron chi connectivity index (χ0n) is 12.3. The summed E-state index contributed by atoms with van der Waals surface area (Å²) in [4.78, 5) is 15.3. The Morgan fingerprint density at radius 1 is 1.13 bits per heavy atom. The molecule has 0 saturated carbocycles. The van der Waals surface area contributed by atoms with E-state index >= 15 is 0 Å². The molecular weight excluding hydrogens is 293 g/mol. The summed E-state index contributed by atoms with van der Waals surface area (Å²) in [6, 6.07) is 14.8. The van der Waals surface area contributed by atoms with E-state index in [1.54, 1.807) is 48.5 Å². The molecule has 23 heavy (non-hydrogen) atoms. The molecule has 0 spiro atoms. The highest BCUT2D eigenvalue weighted by molar-refractivity contribution is 6.06. The van der Waals surface area contributed by atoms with Gasteiger partial charge in [-0.05, 0) is 34.5 Å². The Labute approximate surface area is 132 Å². The maximum absolute atomic E-state index is 14.3. The number of ether oxygens (including phenoxy) is 1. The minimum atomic E-state index is -0.473. The third-order valence-corrected chi connectivity index (χ3v) is 3.68. The van der Waals surface area contributed by atoms with Gasteiger partial charge in [-0.25, -0.2) is 14.0 Å². The van der Waals surface area contributed by atoms with Crippen molar-refractivity contribution in [3.63, 3.8) is 0 Å². The number of fused-ring (bicyclic) bond motifs is 1. The van der Waals surface area contributed by atoms with Crippen LogP contribution in [0.2, 0.25) is 0 Å². The normalized spacial score (nSPS) is 10.3. The van der Waals surface area contributed by atoms with E-state index in [1.165, 1.54) is 13.2 Å². The second kappa shape index (κ2) is 5.90. The number of hydrogen-bond donors (Lipinski definition) is 0. The van der Waals surface area contributed by atoms with Gasteiger partial charge in [0.15, 0.2) is 5.69 Å². The molecule has 0 saturated heterocycles. The molecule has 0 atom stereocenters. The van der Waals surface area contributed by atoms with Crippen LogP contribution < -0.4 is 0 Å². The van der Waals surface area contributed by atoms with Gasteiger partial charge < -0.3 is 4.74 Å². The third-order valence-electron chi connectivity index (χ3n) is 3.68. The predicted molar refractivity (Wildman–Crippen MR) is 86.9 cm³/mol. The van der Waals surface area contributed by atoms with Gasteiger partial charge in [-0.3, -0.25) is 0 Å². The second-order valence-corrected chi connectivity index (χ2v) is 4.98. The van der Waals surface area contributed by atoms with Crippen molar-refractivity contribution in [1.29, 1.82) is 0 Å². The van der Waals surface area contributed by atoms with Gasteiger partial charge >= 0.3 is 5.97 Å². The number of esters is 1. The van der Waals surface area contributed by atoms with E-state index < -0.39 is 11.8 Å². The van der Waals surface area contributed by atoms with Crippen LogP contribution in [0.25, 0.3) is 26.7 Å². The highest BCUT2D eigenvalue weighted by Crippen LogP contribution is 2.38. The lowest BCUT2D eigenvalue weighted by Gasteiger charge is -2.11. The van der Waals surface area contributed by atoms with E-state index in [-0.39, 0.29) is 0 Å². The zero-order chi connectivity index (χ0) is 16.4. The first-order valence-corrected chi connectivity index (χ1v) is 6.93. The fourth-order valence-corrected chi connectivity index (χ4v) is 2.59. The number of nitrogens with zero attached hydrogens (tertiary/aromatic N) is 1. The Bertz CT molecular complexity index is 957. The molecule has 0 fully saturated rings. The molecule has 0 heterocycles. The van der Waals surface area contributed by atoms with Crippen LogP contribution in [0.15, 0.2) is 54.6 Å². The van der Waals surface area contributed by atoms with Crippen LogP contribution in [-0.4, -0.2) is 13.1 Å². The smallest absolute Gasteiger partial charge is 0.337 e. The predicted octanol–water partition coefficient (Wildman–Crippen LogP) is 4.98. The summed E-state index contributed by atoms with van der Waals surface area (Å²) < 4.78 is 19.0. The zero-order valence-corrected chi connectivity index (χ0v) is 12.3. The van der Waals surface area contributed by atoms with Crippen molar-refractivity contribution in [2.45, 2.75) is 0 Å². The van der Waals surface area contributed by atoms with E-state index in [0.29, 0.717) is 27.8 Å². The summed E-state index contributed by atoms with van der Waals surface area (Å²) in [6.07, 6.45) is 0. The molecule has 3 aromatic rings. The fraction of sp³-hybridized carbons (Fsp3) is 0.0526. The Balaban J connectivity index is 2.40. The number of rotatable bonds is 2. The van der Waals surface area contributed by atoms with Crippen LogP contribution in [0.1, 0.15) is 10.4 Å². The van der Waals surface area contributed by atoms with E-state index in [4.69, 9.17) is 11.3 Å². The molecule has 0 radical (unpaired) electrons. The summed E-state index contributed by atoms with van der Waals surface area (Å²) in [6.45, 7) is 7.36. The van der Waals surface area contributed by atoms with Gasteiger partial charge in [0.25, 0.3) is 0 Å². The molecule has 0 aromatic heterocycles. The first-order valence-electron chi connectivity index (χ1n) is 6.93. The monoisotopic (exact) mass is 305 g/mol. The third kappa shape index (κ3) is 2.53. The van der Waals surface area contributed by atoms with Gasteiger partial charge in [-0.1, -0.05) is 36.4 Å². The molecule has 3 aromatic carbocycles. The number of carbonyl (C=O) groups excluding carboxylic acids is 1. The van der Waals surface area contributed by atoms with Crippen molar-refractivity contribution in [2.24, 2.45) is 0 Å². The Kier molecular flexibility index (Phi) is 3.78. The average molecular weight is 305 g/mol. The van der Waals surface area contributed by atoms with Crippen molar-refractivity contribution < 1.29 is 13.9 Å². The number of benzene rings is 3. The first kappa shape index (κ1) is 14.7. The molecule has 3 rings (SSSR count). The Morgan fingerprint density at radius 2 is 1.87 bits per heavy atom. The Morgan fingerprint density at radius 3 is 2.57 bits per heavy atom. The molecule has 0 amide bonds. The fourth-order valence-electron chi connectivity index (χ4n) is 2.59. The maximum atomic E-state index is 14.3. The number of halogens is 1. The van der Waals surface area contributed by atoms with Crippen LogP contribution >= 0.6 is 0 Å². The molecule has 0 unspecified atom stereocenters. The van der Waals surface area contributed by atoms with Gasteiger partial charge in [-0.2, -0.15) is 0 Å². The number of methoxy groups -OCH3 is 1. The van der Waals surface area contributed by atoms with Crippen LogP contribution in [0.4, 0.5) is 10.1 Å². The number of hydrogen-bond acceptors (Lipinski definition) is 2. The molecule has 4 heteroatoms. The van der Waals surface area contributed by atoms with Crippen molar-refractivity contribution in [1.82, 2.24) is 0 Å². The molecule has 0 aliphatic carbocycles. The molecule has 0 N–H and O–H groups in total. The van der Waals surface area contributed by atoms with Gasteiger partial charge in [0.2, 0.25) is 0 Å². The first-order chi connectivity index (χ1) is 11.2. The summed E-state index contributed by atoms with van der Waals surface area (Å²) in [5, 5.41) is 1.47. The van der Waals surface area contributed by atoms with Crippen molar-refractivity contribution in [3.8, 4) is 11.1 Å². The van der Waals surface area contributed by atoms with Gasteiger partial charge in [0.05, 0.1) is 19.2 Å². The summed E-state index contributed by atoms with van der Waals surface area (Å²) in [5.41, 5.74) is 1.52. The quantitative estimate of drug-likeness (QED) is 0.493. The molecule has 3 nitrogen and oxygen atoms in total. The topological polar surface area (TPSA) is 30.7 Å². The van der Waals surface area contributed by atoms with E-state index in [9.17, 15) is 9.18 Å². The lowest BCUT2D eigenvalue weighted by atomic mass is 9.95. The van der Waals surface area contributed by atoms with Crippen LogP contribution in [0, 0.1) is 12.4 Å². The van der Waals surface area contributed by atoms with Crippen molar-refractivity contribution in [3.05, 3.63) is 77.4 Å². The van der Waals surface area contributed by atoms with Crippen LogP contribution in [0.5, 0.6) is 0 Å². The Hall–Kier alpha value is -3.19. The van der Waals surface area contributed by atoms with E-state index in [2.05, 4.69) is 4.85 Å². The van der Waals surface area contributed by atoms with Crippen LogP contribution in [-0.2, 0) is 4.74 Å². The highest BCUT2D eigenvalue weighted by Gasteiger charge is 2.15. The van der Waals surface area contributed by atoms with Gasteiger partial charge in [-0.15, -0.1) is 0 Å².